The first-order valence-electron chi connectivity index (χ1n) is 7.13. The maximum Gasteiger partial charge on any atom is 0.242 e. The summed E-state index contributed by atoms with van der Waals surface area (Å²) in [5, 5.41) is 31.2. The monoisotopic (exact) mass is 332 g/mol. The van der Waals surface area contributed by atoms with Gasteiger partial charge in [-0.15, -0.1) is 0 Å². The van der Waals surface area contributed by atoms with Gasteiger partial charge < -0.3 is 29.5 Å². The summed E-state index contributed by atoms with van der Waals surface area (Å²) in [4.78, 5) is 12.6. The largest absolute Gasteiger partial charge is 0.504 e. The summed E-state index contributed by atoms with van der Waals surface area (Å²) in [5.41, 5.74) is 0.156. The average molecular weight is 332 g/mol. The van der Waals surface area contributed by atoms with E-state index in [4.69, 9.17) is 14.2 Å². The van der Waals surface area contributed by atoms with Gasteiger partial charge in [0, 0.05) is 5.56 Å². The van der Waals surface area contributed by atoms with Crippen molar-refractivity contribution in [3.05, 3.63) is 41.5 Å². The topological polar surface area (TPSA) is 105 Å². The van der Waals surface area contributed by atoms with E-state index in [1.54, 1.807) is 30.3 Å². The fourth-order valence-corrected chi connectivity index (χ4v) is 2.77. The normalized spacial score (nSPS) is 19.4. The Balaban J connectivity index is 2.23. The van der Waals surface area contributed by atoms with Gasteiger partial charge in [-0.3, -0.25) is 4.79 Å². The lowest BCUT2D eigenvalue weighted by atomic mass is 9.92. The fraction of sp³-hybridized carbons (Fsp3) is 0.235. The van der Waals surface area contributed by atoms with E-state index in [0.29, 0.717) is 5.56 Å². The lowest BCUT2D eigenvalue weighted by Crippen LogP contribution is -2.39. The van der Waals surface area contributed by atoms with Crippen molar-refractivity contribution in [1.29, 1.82) is 0 Å². The number of methoxy groups -OCH3 is 2. The molecule has 7 nitrogen and oxygen atoms in total. The van der Waals surface area contributed by atoms with Crippen molar-refractivity contribution in [2.75, 3.05) is 14.2 Å². The number of fused-ring (bicyclic) bond motifs is 1. The van der Waals surface area contributed by atoms with Gasteiger partial charge in [-0.05, 0) is 0 Å². The maximum absolute atomic E-state index is 12.6. The van der Waals surface area contributed by atoms with Gasteiger partial charge >= 0.3 is 0 Å². The van der Waals surface area contributed by atoms with Crippen LogP contribution in [0.5, 0.6) is 28.7 Å². The number of phenolic OH excluding ortho intramolecular Hbond substituents is 2. The number of benzene rings is 2. The third-order valence-corrected chi connectivity index (χ3v) is 3.90. The molecule has 24 heavy (non-hydrogen) atoms. The molecule has 0 saturated carbocycles. The van der Waals surface area contributed by atoms with Gasteiger partial charge in [0.1, 0.15) is 5.56 Å². The molecule has 0 bridgehead atoms. The molecule has 3 rings (SSSR count). The second-order valence-corrected chi connectivity index (χ2v) is 5.32. The Morgan fingerprint density at radius 1 is 1.04 bits per heavy atom. The lowest BCUT2D eigenvalue weighted by molar-refractivity contribution is -0.148. The SMILES string of the molecule is COc1c(O)c(OC)c2c(c1O)C(=O)CC(O)(c1ccccc1)O2. The first kappa shape index (κ1) is 15.9. The first-order valence-corrected chi connectivity index (χ1v) is 7.13. The van der Waals surface area contributed by atoms with Crippen LogP contribution in [0.3, 0.4) is 0 Å². The van der Waals surface area contributed by atoms with Crippen molar-refractivity contribution in [3.8, 4) is 28.7 Å². The molecule has 0 amide bonds. The minimum absolute atomic E-state index is 0.206. The number of aromatic hydroxyl groups is 2. The third-order valence-electron chi connectivity index (χ3n) is 3.90. The number of phenols is 2. The molecular weight excluding hydrogens is 316 g/mol. The minimum Gasteiger partial charge on any atom is -0.504 e. The van der Waals surface area contributed by atoms with Crippen LogP contribution in [0.2, 0.25) is 0 Å². The van der Waals surface area contributed by atoms with E-state index in [1.807, 2.05) is 0 Å². The predicted molar refractivity (Wildman–Crippen MR) is 82.8 cm³/mol. The summed E-state index contributed by atoms with van der Waals surface area (Å²) < 4.78 is 15.6. The number of ether oxygens (including phenoxy) is 3. The van der Waals surface area contributed by atoms with Crippen LogP contribution in [-0.2, 0) is 5.79 Å². The van der Waals surface area contributed by atoms with Gasteiger partial charge in [0.25, 0.3) is 0 Å². The molecule has 3 N–H and O–H groups in total. The van der Waals surface area contributed by atoms with Crippen LogP contribution in [0.15, 0.2) is 30.3 Å². The van der Waals surface area contributed by atoms with Gasteiger partial charge in [0.05, 0.1) is 20.6 Å². The van der Waals surface area contributed by atoms with Crippen molar-refractivity contribution in [1.82, 2.24) is 0 Å². The molecule has 0 fully saturated rings. The van der Waals surface area contributed by atoms with E-state index in [9.17, 15) is 20.1 Å². The molecule has 1 heterocycles. The second-order valence-electron chi connectivity index (χ2n) is 5.32. The van der Waals surface area contributed by atoms with Crippen molar-refractivity contribution >= 4 is 5.78 Å². The summed E-state index contributed by atoms with van der Waals surface area (Å²) in [6.45, 7) is 0. The van der Waals surface area contributed by atoms with Gasteiger partial charge in [0.15, 0.2) is 17.3 Å². The average Bonchev–Trinajstić information content (AvgIpc) is 2.56. The van der Waals surface area contributed by atoms with E-state index in [-0.39, 0.29) is 22.8 Å². The van der Waals surface area contributed by atoms with Crippen LogP contribution in [0.4, 0.5) is 0 Å². The zero-order valence-electron chi connectivity index (χ0n) is 13.1. The summed E-state index contributed by atoms with van der Waals surface area (Å²) in [7, 11) is 2.49. The molecule has 2 aromatic carbocycles. The number of rotatable bonds is 3. The van der Waals surface area contributed by atoms with Gasteiger partial charge in [-0.2, -0.15) is 0 Å². The standard InChI is InChI=1S/C17H16O7/c1-22-15-12(19)11-10(18)8-17(21,9-6-4-3-5-7-9)24-14(11)16(23-2)13(15)20/h3-7,19-21H,8H2,1-2H3. The molecular formula is C17H16O7. The summed E-state index contributed by atoms with van der Waals surface area (Å²) in [6, 6.07) is 8.35. The van der Waals surface area contributed by atoms with Gasteiger partial charge in [-0.25, -0.2) is 0 Å². The molecule has 1 aliphatic heterocycles. The van der Waals surface area contributed by atoms with Crippen LogP contribution in [0, 0.1) is 0 Å². The van der Waals surface area contributed by atoms with Crippen LogP contribution in [-0.4, -0.2) is 35.3 Å². The highest BCUT2D eigenvalue weighted by atomic mass is 16.6. The number of Topliss-reactive ketones (excluding diaryl/α,β-unsaturated/α-hetero) is 1. The first-order chi connectivity index (χ1) is 11.4. The highest BCUT2D eigenvalue weighted by molar-refractivity contribution is 6.05. The summed E-state index contributed by atoms with van der Waals surface area (Å²) >= 11 is 0. The molecule has 0 aromatic heterocycles. The van der Waals surface area contributed by atoms with Crippen molar-refractivity contribution in [2.45, 2.75) is 12.2 Å². The number of hydrogen-bond acceptors (Lipinski definition) is 7. The second kappa shape index (κ2) is 5.61. The molecule has 7 heteroatoms. The van der Waals surface area contributed by atoms with Crippen LogP contribution in [0.25, 0.3) is 0 Å². The highest BCUT2D eigenvalue weighted by Crippen LogP contribution is 2.56. The van der Waals surface area contributed by atoms with Gasteiger partial charge in [-0.1, -0.05) is 30.3 Å². The molecule has 0 aliphatic carbocycles. The zero-order valence-corrected chi connectivity index (χ0v) is 13.1. The molecule has 1 unspecified atom stereocenters. The minimum atomic E-state index is -1.94. The third kappa shape index (κ3) is 2.21. The molecule has 126 valence electrons. The number of hydrogen-bond donors (Lipinski definition) is 3. The molecule has 2 aromatic rings. The Labute approximate surface area is 137 Å². The van der Waals surface area contributed by atoms with E-state index in [0.717, 1.165) is 0 Å². The number of carbonyl (C=O) groups is 1. The van der Waals surface area contributed by atoms with Crippen molar-refractivity contribution < 1.29 is 34.3 Å². The Kier molecular flexibility index (Phi) is 3.73. The predicted octanol–water partition coefficient (Wildman–Crippen LogP) is 1.93. The van der Waals surface area contributed by atoms with E-state index in [1.165, 1.54) is 14.2 Å². The Morgan fingerprint density at radius 3 is 2.25 bits per heavy atom. The summed E-state index contributed by atoms with van der Waals surface area (Å²) in [5.74, 6) is -4.35. The van der Waals surface area contributed by atoms with E-state index in [2.05, 4.69) is 0 Å². The van der Waals surface area contributed by atoms with Crippen LogP contribution >= 0.6 is 0 Å². The Hall–Kier alpha value is -2.93. The number of ketones is 1. The fourth-order valence-electron chi connectivity index (χ4n) is 2.77. The van der Waals surface area contributed by atoms with Crippen LogP contribution in [0.1, 0.15) is 22.3 Å². The van der Waals surface area contributed by atoms with E-state index >= 15 is 0 Å². The molecule has 1 atom stereocenters. The zero-order chi connectivity index (χ0) is 17.5. The molecule has 0 saturated heterocycles. The highest BCUT2D eigenvalue weighted by Gasteiger charge is 2.45. The van der Waals surface area contributed by atoms with Crippen molar-refractivity contribution in [2.24, 2.45) is 0 Å². The van der Waals surface area contributed by atoms with E-state index < -0.39 is 29.5 Å². The lowest BCUT2D eigenvalue weighted by Gasteiger charge is -2.34. The molecule has 1 aliphatic rings. The van der Waals surface area contributed by atoms with Crippen LogP contribution < -0.4 is 14.2 Å². The number of carbonyl (C=O) groups excluding carboxylic acids is 1. The molecule has 0 spiro atoms. The summed E-state index contributed by atoms with van der Waals surface area (Å²) in [6.07, 6.45) is -0.408. The quantitative estimate of drug-likeness (QED) is 0.788. The number of aliphatic hydroxyl groups is 1. The Morgan fingerprint density at radius 2 is 1.67 bits per heavy atom. The van der Waals surface area contributed by atoms with Crippen molar-refractivity contribution in [3.63, 3.8) is 0 Å². The smallest absolute Gasteiger partial charge is 0.242 e. The Bertz CT molecular complexity index is 801. The maximum atomic E-state index is 12.6. The van der Waals surface area contributed by atoms with Gasteiger partial charge in [0.2, 0.25) is 23.0 Å². The molecule has 0 radical (unpaired) electrons.